The number of nitrogens with zero attached hydrogens (tertiary/aromatic N) is 3. The fraction of sp³-hybridized carbons (Fsp3) is 0.143. The van der Waals surface area contributed by atoms with Gasteiger partial charge < -0.3 is 0 Å². The maximum absolute atomic E-state index is 11.0. The molecule has 122 valence electrons. The molecule has 0 aliphatic rings. The zero-order valence-corrected chi connectivity index (χ0v) is 15.5. The number of hydrogen-bond acceptors (Lipinski definition) is 6. The van der Waals surface area contributed by atoms with Crippen LogP contribution in [0.15, 0.2) is 18.3 Å². The van der Waals surface area contributed by atoms with Crippen molar-refractivity contribution in [2.75, 3.05) is 7.11 Å². The van der Waals surface area contributed by atoms with Crippen LogP contribution in [-0.2, 0) is 4.79 Å². The number of esters is 1. The average Bonchev–Trinajstić information content (AvgIpc) is 2.93. The topological polar surface area (TPSA) is 90.0 Å². The molecular formula is C14H10BClIN4O3-. The summed E-state index contributed by atoms with van der Waals surface area (Å²) in [5.74, 6) is -0.0711. The Bertz CT molecular complexity index is 934. The Hall–Kier alpha value is -1.88. The van der Waals surface area contributed by atoms with Crippen molar-refractivity contribution in [2.45, 2.75) is 6.92 Å². The number of halogens is 2. The Morgan fingerprint density at radius 1 is 1.33 bits per heavy atom. The van der Waals surface area contributed by atoms with E-state index in [1.807, 2.05) is 0 Å². The second kappa shape index (κ2) is 6.93. The monoisotopic (exact) mass is 455 g/mol. The molecule has 2 heterocycles. The van der Waals surface area contributed by atoms with Gasteiger partial charge in [0.05, 0.1) is 0 Å². The van der Waals surface area contributed by atoms with E-state index in [9.17, 15) is 4.79 Å². The van der Waals surface area contributed by atoms with Crippen LogP contribution in [0, 0.1) is 3.83 Å². The Morgan fingerprint density at radius 2 is 2.12 bits per heavy atom. The molecule has 0 aliphatic heterocycles. The van der Waals surface area contributed by atoms with Crippen LogP contribution < -0.4 is 30.5 Å². The molecule has 0 saturated heterocycles. The molecule has 0 spiro atoms. The third-order valence-corrected chi connectivity index (χ3v) is 4.48. The molecule has 3 rings (SSSR count). The van der Waals surface area contributed by atoms with Crippen LogP contribution >= 0.6 is 11.6 Å². The second-order valence-electron chi connectivity index (χ2n) is 4.66. The van der Waals surface area contributed by atoms with E-state index >= 15 is 0 Å². The van der Waals surface area contributed by atoms with Gasteiger partial charge in [0.25, 0.3) is 0 Å². The third-order valence-electron chi connectivity index (χ3n) is 3.09. The van der Waals surface area contributed by atoms with Crippen molar-refractivity contribution in [3.63, 3.8) is 0 Å². The van der Waals surface area contributed by atoms with Gasteiger partial charge in [0, 0.05) is 0 Å². The van der Waals surface area contributed by atoms with E-state index in [2.05, 4.69) is 19.9 Å². The Morgan fingerprint density at radius 3 is 2.79 bits per heavy atom. The summed E-state index contributed by atoms with van der Waals surface area (Å²) in [4.78, 5) is 26.6. The molecule has 0 fully saturated rings. The minimum atomic E-state index is -0.740. The zero-order chi connectivity index (χ0) is 17.3. The summed E-state index contributed by atoms with van der Waals surface area (Å²) < 4.78 is 10.8. The predicted molar refractivity (Wildman–Crippen MR) is 84.4 cm³/mol. The van der Waals surface area contributed by atoms with Crippen molar-refractivity contribution >= 4 is 34.3 Å². The standard InChI is InChI=1S/C14H10BClIN4O3/c1-6(22)24-14-19-10-3-7(9(16)4-11(10)20-14)8-5-18-13(17-15)21-12(8)23-2/h3-5H,1-2H3,(H,19,20)/q-1. The molecule has 2 aromatic heterocycles. The first-order valence-corrected chi connectivity index (χ1v) is 9.34. The second-order valence-corrected chi connectivity index (χ2v) is 6.65. The minimum absolute atomic E-state index is 0.108. The number of aromatic nitrogens is 4. The number of aromatic amines is 1. The first kappa shape index (κ1) is 17.0. The number of ether oxygens (including phenoxy) is 2. The van der Waals surface area contributed by atoms with Crippen molar-refractivity contribution < 1.29 is 35.3 Å². The van der Waals surface area contributed by atoms with Crippen LogP contribution in [0.5, 0.6) is 11.9 Å². The number of benzene rings is 1. The molecule has 1 N–H and O–H groups in total. The Labute approximate surface area is 153 Å². The van der Waals surface area contributed by atoms with E-state index in [1.165, 1.54) is 14.0 Å². The van der Waals surface area contributed by atoms with Crippen molar-refractivity contribution in [3.8, 4) is 23.0 Å². The summed E-state index contributed by atoms with van der Waals surface area (Å²) in [6.45, 7) is 1.30. The molecule has 0 unspecified atom stereocenters. The van der Waals surface area contributed by atoms with Crippen LogP contribution in [0.3, 0.4) is 0 Å². The fourth-order valence-electron chi connectivity index (χ4n) is 2.14. The van der Waals surface area contributed by atoms with Gasteiger partial charge >= 0.3 is 154 Å². The molecule has 1 aromatic carbocycles. The summed E-state index contributed by atoms with van der Waals surface area (Å²) in [5, 5.41) is 0.456. The summed E-state index contributed by atoms with van der Waals surface area (Å²) in [6.07, 6.45) is 1.63. The molecule has 2 radical (unpaired) electrons. The summed E-state index contributed by atoms with van der Waals surface area (Å²) in [6, 6.07) is 3.55. The molecule has 0 aliphatic carbocycles. The maximum atomic E-state index is 11.0. The van der Waals surface area contributed by atoms with Gasteiger partial charge in [-0.05, 0) is 0 Å². The van der Waals surface area contributed by atoms with Crippen LogP contribution in [0.4, 0.5) is 0 Å². The molecule has 3 aromatic rings. The Kier molecular flexibility index (Phi) is 4.90. The summed E-state index contributed by atoms with van der Waals surface area (Å²) in [5.41, 5.74) is 8.17. The van der Waals surface area contributed by atoms with Gasteiger partial charge in [-0.1, -0.05) is 0 Å². The normalized spacial score (nSPS) is 11.0. The van der Waals surface area contributed by atoms with Crippen LogP contribution in [0.25, 0.3) is 22.2 Å². The van der Waals surface area contributed by atoms with E-state index in [0.29, 0.717) is 36.9 Å². The molecule has 10 heteroatoms. The number of carbonyl (C=O) groups is 1. The van der Waals surface area contributed by atoms with Gasteiger partial charge in [0.1, 0.15) is 0 Å². The third kappa shape index (κ3) is 3.31. The number of nitrogens with one attached hydrogen (secondary N) is 1. The molecule has 7 nitrogen and oxygen atoms in total. The quantitative estimate of drug-likeness (QED) is 0.234. The first-order chi connectivity index (χ1) is 11.5. The molecule has 0 amide bonds. The van der Waals surface area contributed by atoms with Crippen molar-refractivity contribution in [2.24, 2.45) is 0 Å². The number of rotatable bonds is 4. The van der Waals surface area contributed by atoms with Crippen molar-refractivity contribution in [3.05, 3.63) is 27.2 Å². The number of H-pyrrole nitrogens is 1. The van der Waals surface area contributed by atoms with Crippen LogP contribution in [0.2, 0.25) is 5.02 Å². The number of hydrogen-bond donors (Lipinski definition) is 1. The first-order valence-electron chi connectivity index (χ1n) is 6.64. The number of carbonyl (C=O) groups excluding carboxylic acids is 1. The SMILES string of the molecule is [B][I-]c1ncc(-c2cc3nc(OC(C)=O)[nH]c3cc2Cl)c(OC)n1. The van der Waals surface area contributed by atoms with E-state index in [4.69, 9.17) is 26.8 Å². The molecular weight excluding hydrogens is 445 g/mol. The average molecular weight is 455 g/mol. The molecule has 0 atom stereocenters. The van der Waals surface area contributed by atoms with Crippen molar-refractivity contribution in [1.82, 2.24) is 19.9 Å². The van der Waals surface area contributed by atoms with E-state index in [1.54, 1.807) is 18.3 Å². The van der Waals surface area contributed by atoms with Gasteiger partial charge in [0.2, 0.25) is 0 Å². The molecule has 24 heavy (non-hydrogen) atoms. The van der Waals surface area contributed by atoms with Gasteiger partial charge in [-0.3, -0.25) is 0 Å². The van der Waals surface area contributed by atoms with E-state index in [-0.39, 0.29) is 6.01 Å². The van der Waals surface area contributed by atoms with Gasteiger partial charge in [-0.15, -0.1) is 0 Å². The number of methoxy groups -OCH3 is 1. The Balaban J connectivity index is 2.12. The van der Waals surface area contributed by atoms with Gasteiger partial charge in [-0.2, -0.15) is 0 Å². The van der Waals surface area contributed by atoms with Gasteiger partial charge in [0.15, 0.2) is 0 Å². The zero-order valence-electron chi connectivity index (χ0n) is 12.6. The fourth-order valence-corrected chi connectivity index (χ4v) is 3.06. The number of fused-ring (bicyclic) bond motifs is 1. The molecule has 0 saturated carbocycles. The summed E-state index contributed by atoms with van der Waals surface area (Å²) >= 11 is 5.63. The predicted octanol–water partition coefficient (Wildman–Crippen LogP) is -1.05. The van der Waals surface area contributed by atoms with Crippen LogP contribution in [0.1, 0.15) is 6.92 Å². The van der Waals surface area contributed by atoms with Crippen LogP contribution in [-0.4, -0.2) is 38.7 Å². The van der Waals surface area contributed by atoms with Crippen molar-refractivity contribution in [1.29, 1.82) is 0 Å². The molecule has 0 bridgehead atoms. The number of imidazole rings is 1. The van der Waals surface area contributed by atoms with E-state index < -0.39 is 27.0 Å². The van der Waals surface area contributed by atoms with E-state index in [0.717, 1.165) is 0 Å². The summed E-state index contributed by atoms with van der Waals surface area (Å²) in [7, 11) is 1.52. The van der Waals surface area contributed by atoms with Gasteiger partial charge in [-0.25, -0.2) is 0 Å².